The minimum Gasteiger partial charge on any atom is -0.481 e. The van der Waals surface area contributed by atoms with Crippen molar-refractivity contribution in [2.24, 2.45) is 0 Å². The van der Waals surface area contributed by atoms with Crippen molar-refractivity contribution in [1.82, 2.24) is 4.98 Å². The number of nitrogens with zero attached hydrogens (tertiary/aromatic N) is 1. The number of halogens is 2. The van der Waals surface area contributed by atoms with Crippen LogP contribution in [-0.2, 0) is 11.2 Å². The summed E-state index contributed by atoms with van der Waals surface area (Å²) in [5, 5.41) is 10.0. The molecule has 0 amide bonds. The number of hydrogen-bond donors (Lipinski definition) is 1. The molecule has 0 bridgehead atoms. The number of thiazole rings is 1. The fraction of sp³-hybridized carbons (Fsp3) is 0.0833. The van der Waals surface area contributed by atoms with Crippen LogP contribution in [0.2, 0.25) is 0 Å². The first-order valence-electron chi connectivity index (χ1n) is 9.29. The lowest BCUT2D eigenvalue weighted by Crippen LogP contribution is -2.03. The molecule has 3 nitrogen and oxygen atoms in total. The molecule has 1 aromatic heterocycles. The topological polar surface area (TPSA) is 50.2 Å². The van der Waals surface area contributed by atoms with Crippen molar-refractivity contribution in [3.8, 4) is 11.3 Å². The lowest BCUT2D eigenvalue weighted by Gasteiger charge is -2.16. The summed E-state index contributed by atoms with van der Waals surface area (Å²) in [6, 6.07) is 21.6. The molecular formula is C24H17F2NO2S. The fourth-order valence-corrected chi connectivity index (χ4v) is 4.60. The Morgan fingerprint density at radius 3 is 1.90 bits per heavy atom. The average molecular weight is 421 g/mol. The summed E-state index contributed by atoms with van der Waals surface area (Å²) in [5.41, 5.74) is 3.02. The van der Waals surface area contributed by atoms with Crippen molar-refractivity contribution >= 4 is 17.3 Å². The Kier molecular flexibility index (Phi) is 5.68. The lowest BCUT2D eigenvalue weighted by molar-refractivity contribution is -0.136. The van der Waals surface area contributed by atoms with Crippen LogP contribution in [0.1, 0.15) is 26.9 Å². The van der Waals surface area contributed by atoms with Crippen molar-refractivity contribution < 1.29 is 18.7 Å². The lowest BCUT2D eigenvalue weighted by atomic mass is 9.91. The zero-order chi connectivity index (χ0) is 21.1. The molecule has 0 aliphatic rings. The molecule has 0 aliphatic carbocycles. The third kappa shape index (κ3) is 4.28. The molecule has 6 heteroatoms. The van der Waals surface area contributed by atoms with Crippen LogP contribution in [-0.4, -0.2) is 16.1 Å². The van der Waals surface area contributed by atoms with E-state index >= 15 is 0 Å². The van der Waals surface area contributed by atoms with Gasteiger partial charge in [0.25, 0.3) is 0 Å². The van der Waals surface area contributed by atoms with Gasteiger partial charge in [-0.3, -0.25) is 4.79 Å². The Morgan fingerprint density at radius 2 is 1.40 bits per heavy atom. The van der Waals surface area contributed by atoms with Gasteiger partial charge in [0.2, 0.25) is 0 Å². The SMILES string of the molecule is O=C(O)Cc1sc(C(c2ccc(F)cc2)c2ccc(F)cc2)nc1-c1ccccc1. The van der Waals surface area contributed by atoms with Crippen LogP contribution in [0.4, 0.5) is 8.78 Å². The predicted octanol–water partition coefficient (Wildman–Crippen LogP) is 5.90. The Labute approximate surface area is 176 Å². The molecule has 4 aromatic rings. The summed E-state index contributed by atoms with van der Waals surface area (Å²) >= 11 is 1.31. The zero-order valence-corrected chi connectivity index (χ0v) is 16.6. The molecule has 1 heterocycles. The van der Waals surface area contributed by atoms with Crippen molar-refractivity contribution in [3.63, 3.8) is 0 Å². The second-order valence-corrected chi connectivity index (χ2v) is 7.91. The average Bonchev–Trinajstić information content (AvgIpc) is 3.14. The van der Waals surface area contributed by atoms with E-state index in [0.717, 1.165) is 16.7 Å². The summed E-state index contributed by atoms with van der Waals surface area (Å²) in [5.74, 6) is -2.02. The number of carboxylic acid groups (broad SMARTS) is 1. The summed E-state index contributed by atoms with van der Waals surface area (Å²) < 4.78 is 27.0. The van der Waals surface area contributed by atoms with Crippen molar-refractivity contribution in [1.29, 1.82) is 0 Å². The molecule has 0 unspecified atom stereocenters. The third-order valence-corrected chi connectivity index (χ3v) is 5.85. The molecular weight excluding hydrogens is 404 g/mol. The highest BCUT2D eigenvalue weighted by molar-refractivity contribution is 7.12. The minimum absolute atomic E-state index is 0.151. The van der Waals surface area contributed by atoms with Crippen LogP contribution < -0.4 is 0 Å². The normalized spacial score (nSPS) is 11.0. The highest BCUT2D eigenvalue weighted by Crippen LogP contribution is 2.38. The molecule has 0 atom stereocenters. The van der Waals surface area contributed by atoms with Crippen LogP contribution in [0.5, 0.6) is 0 Å². The van der Waals surface area contributed by atoms with E-state index in [-0.39, 0.29) is 24.0 Å². The number of carboxylic acids is 1. The van der Waals surface area contributed by atoms with Gasteiger partial charge in [-0.2, -0.15) is 0 Å². The van der Waals surface area contributed by atoms with Gasteiger partial charge < -0.3 is 5.11 Å². The number of hydrogen-bond acceptors (Lipinski definition) is 3. The van der Waals surface area contributed by atoms with Crippen LogP contribution in [0.15, 0.2) is 78.9 Å². The second kappa shape index (κ2) is 8.55. The van der Waals surface area contributed by atoms with Gasteiger partial charge in [0.05, 0.1) is 18.0 Å². The van der Waals surface area contributed by atoms with Crippen LogP contribution in [0.3, 0.4) is 0 Å². The monoisotopic (exact) mass is 421 g/mol. The Morgan fingerprint density at radius 1 is 0.867 bits per heavy atom. The molecule has 150 valence electrons. The number of aliphatic carboxylic acids is 1. The molecule has 0 fully saturated rings. The maximum atomic E-state index is 13.5. The van der Waals surface area contributed by atoms with E-state index in [4.69, 9.17) is 4.98 Å². The molecule has 1 N–H and O–H groups in total. The van der Waals surface area contributed by atoms with Gasteiger partial charge in [0.15, 0.2) is 0 Å². The first kappa shape index (κ1) is 19.9. The van der Waals surface area contributed by atoms with Crippen LogP contribution in [0, 0.1) is 11.6 Å². The van der Waals surface area contributed by atoms with Gasteiger partial charge in [0.1, 0.15) is 16.6 Å². The van der Waals surface area contributed by atoms with Crippen LogP contribution in [0.25, 0.3) is 11.3 Å². The number of rotatable bonds is 6. The van der Waals surface area contributed by atoms with Crippen LogP contribution >= 0.6 is 11.3 Å². The third-order valence-electron chi connectivity index (χ3n) is 4.73. The minimum atomic E-state index is -0.942. The highest BCUT2D eigenvalue weighted by Gasteiger charge is 2.24. The molecule has 0 radical (unpaired) electrons. The number of carbonyl (C=O) groups is 1. The second-order valence-electron chi connectivity index (χ2n) is 6.80. The van der Waals surface area contributed by atoms with E-state index < -0.39 is 5.97 Å². The smallest absolute Gasteiger partial charge is 0.308 e. The maximum Gasteiger partial charge on any atom is 0.308 e. The highest BCUT2D eigenvalue weighted by atomic mass is 32.1. The number of aromatic nitrogens is 1. The predicted molar refractivity (Wildman–Crippen MR) is 113 cm³/mol. The van der Waals surface area contributed by atoms with Gasteiger partial charge in [0, 0.05) is 10.4 Å². The summed E-state index contributed by atoms with van der Waals surface area (Å²) in [4.78, 5) is 16.9. The van der Waals surface area contributed by atoms with Crippen molar-refractivity contribution in [2.75, 3.05) is 0 Å². The van der Waals surface area contributed by atoms with Gasteiger partial charge >= 0.3 is 5.97 Å². The van der Waals surface area contributed by atoms with E-state index in [1.807, 2.05) is 30.3 Å². The Bertz CT molecular complexity index is 1110. The van der Waals surface area contributed by atoms with E-state index in [9.17, 15) is 18.7 Å². The standard InChI is InChI=1S/C24H17F2NO2S/c25-18-10-6-15(7-11-18)22(16-8-12-19(26)13-9-16)24-27-23(17-4-2-1-3-5-17)20(30-24)14-21(28)29/h1-13,22H,14H2,(H,28,29). The largest absolute Gasteiger partial charge is 0.481 e. The molecule has 4 rings (SSSR count). The summed E-state index contributed by atoms with van der Waals surface area (Å²) in [7, 11) is 0. The van der Waals surface area contributed by atoms with Gasteiger partial charge in [-0.15, -0.1) is 11.3 Å². The van der Waals surface area contributed by atoms with Gasteiger partial charge in [-0.25, -0.2) is 13.8 Å². The van der Waals surface area contributed by atoms with Crippen molar-refractivity contribution in [3.05, 3.63) is 112 Å². The number of benzene rings is 3. The quantitative estimate of drug-likeness (QED) is 0.422. The van der Waals surface area contributed by atoms with E-state index in [1.54, 1.807) is 24.3 Å². The van der Waals surface area contributed by atoms with E-state index in [1.165, 1.54) is 35.6 Å². The molecule has 0 aliphatic heterocycles. The molecule has 0 spiro atoms. The summed E-state index contributed by atoms with van der Waals surface area (Å²) in [6.07, 6.45) is -0.151. The van der Waals surface area contributed by atoms with Crippen molar-refractivity contribution in [2.45, 2.75) is 12.3 Å². The molecule has 30 heavy (non-hydrogen) atoms. The zero-order valence-electron chi connectivity index (χ0n) is 15.8. The summed E-state index contributed by atoms with van der Waals surface area (Å²) in [6.45, 7) is 0. The first-order valence-corrected chi connectivity index (χ1v) is 10.1. The van der Waals surface area contributed by atoms with E-state index in [2.05, 4.69) is 0 Å². The molecule has 0 saturated heterocycles. The Hall–Kier alpha value is -3.38. The fourth-order valence-electron chi connectivity index (χ4n) is 3.36. The van der Waals surface area contributed by atoms with Gasteiger partial charge in [-0.05, 0) is 35.4 Å². The van der Waals surface area contributed by atoms with E-state index in [0.29, 0.717) is 15.6 Å². The Balaban J connectivity index is 1.88. The van der Waals surface area contributed by atoms with Gasteiger partial charge in [-0.1, -0.05) is 54.6 Å². The maximum absolute atomic E-state index is 13.5. The molecule has 3 aromatic carbocycles. The first-order chi connectivity index (χ1) is 14.5. The molecule has 0 saturated carbocycles.